The molecule has 3 saturated carbocycles. The van der Waals surface area contributed by atoms with Crippen molar-refractivity contribution in [2.24, 2.45) is 46.3 Å². The van der Waals surface area contributed by atoms with E-state index in [1.54, 1.807) is 5.57 Å². The van der Waals surface area contributed by atoms with Crippen LogP contribution >= 0.6 is 0 Å². The average Bonchev–Trinajstić information content (AvgIpc) is 3.15. The third-order valence-corrected chi connectivity index (χ3v) is 12.3. The monoisotopic (exact) mass is 502 g/mol. The van der Waals surface area contributed by atoms with Crippen LogP contribution in [-0.4, -0.2) is 27.5 Å². The van der Waals surface area contributed by atoms with Gasteiger partial charge in [-0.2, -0.15) is 0 Å². The van der Waals surface area contributed by atoms with Crippen molar-refractivity contribution in [2.75, 3.05) is 7.11 Å². The zero-order valence-corrected chi connectivity index (χ0v) is 25.1. The van der Waals surface area contributed by atoms with Crippen LogP contribution in [0.4, 0.5) is 0 Å². The molecule has 3 fully saturated rings. The molecule has 0 saturated heterocycles. The van der Waals surface area contributed by atoms with Crippen LogP contribution in [0.3, 0.4) is 0 Å². The van der Waals surface area contributed by atoms with Gasteiger partial charge < -0.3 is 9.16 Å². The highest BCUT2D eigenvalue weighted by molar-refractivity contribution is 6.69. The Morgan fingerprint density at radius 2 is 1.80 bits per heavy atom. The van der Waals surface area contributed by atoms with Gasteiger partial charge in [0, 0.05) is 6.10 Å². The maximum absolute atomic E-state index is 11.8. The summed E-state index contributed by atoms with van der Waals surface area (Å²) in [6, 6.07) is 0. The van der Waals surface area contributed by atoms with E-state index in [0.717, 1.165) is 42.4 Å². The molecule has 0 aromatic heterocycles. The molecule has 0 bridgehead atoms. The Labute approximate surface area is 217 Å². The second-order valence-electron chi connectivity index (χ2n) is 14.4. The Bertz CT molecular complexity index is 800. The second-order valence-corrected chi connectivity index (χ2v) is 18.9. The summed E-state index contributed by atoms with van der Waals surface area (Å²) in [4.78, 5) is 11.8. The Morgan fingerprint density at radius 3 is 2.49 bits per heavy atom. The predicted molar refractivity (Wildman–Crippen MR) is 148 cm³/mol. The Morgan fingerprint density at radius 1 is 1.06 bits per heavy atom. The maximum Gasteiger partial charge on any atom is 0.308 e. The second kappa shape index (κ2) is 10.3. The molecule has 4 aliphatic carbocycles. The maximum atomic E-state index is 11.8. The molecule has 3 nitrogen and oxygen atoms in total. The topological polar surface area (TPSA) is 35.5 Å². The molecule has 0 amide bonds. The van der Waals surface area contributed by atoms with Crippen molar-refractivity contribution in [3.05, 3.63) is 11.6 Å². The van der Waals surface area contributed by atoms with Crippen LogP contribution in [0.25, 0.3) is 0 Å². The molecule has 4 rings (SSSR count). The quantitative estimate of drug-likeness (QED) is 0.190. The SMILES string of the molecule is COC(=O)[C@@H](C)CCC[C@@H](C)[C@H]1CC[C@H]2[C@@H]3CC=C4C[C@@H](O[Si](C)(C)C)CC[C@]4(C)[C@H]3CC[C@]12C. The molecule has 0 N–H and O–H groups in total. The minimum atomic E-state index is -1.48. The number of hydrogen-bond donors (Lipinski definition) is 0. The molecule has 0 aliphatic heterocycles. The van der Waals surface area contributed by atoms with E-state index in [1.807, 2.05) is 6.92 Å². The lowest BCUT2D eigenvalue weighted by Gasteiger charge is -2.58. The minimum absolute atomic E-state index is 0.0322. The van der Waals surface area contributed by atoms with Crippen LogP contribution in [0, 0.1) is 46.3 Å². The van der Waals surface area contributed by atoms with Gasteiger partial charge >= 0.3 is 5.97 Å². The molecular weight excluding hydrogens is 448 g/mol. The number of fused-ring (bicyclic) bond motifs is 5. The van der Waals surface area contributed by atoms with E-state index >= 15 is 0 Å². The lowest BCUT2D eigenvalue weighted by atomic mass is 9.47. The third kappa shape index (κ3) is 5.35. The van der Waals surface area contributed by atoms with Crippen LogP contribution in [0.2, 0.25) is 19.6 Å². The highest BCUT2D eigenvalue weighted by Gasteiger charge is 2.59. The lowest BCUT2D eigenvalue weighted by molar-refractivity contribution is -0.145. The number of methoxy groups -OCH3 is 1. The molecule has 35 heavy (non-hydrogen) atoms. The van der Waals surface area contributed by atoms with E-state index in [-0.39, 0.29) is 11.9 Å². The zero-order valence-electron chi connectivity index (χ0n) is 24.1. The van der Waals surface area contributed by atoms with Crippen molar-refractivity contribution in [1.82, 2.24) is 0 Å². The summed E-state index contributed by atoms with van der Waals surface area (Å²) in [7, 11) is 0.0278. The number of carbonyl (C=O) groups is 1. The highest BCUT2D eigenvalue weighted by atomic mass is 28.4. The first kappa shape index (κ1) is 27.4. The standard InChI is InChI=1S/C31H54O3Si/c1-21(10-9-11-22(2)29(32)33-5)26-14-15-27-25-13-12-23-20-24(34-35(6,7)8)16-18-30(23,3)28(25)17-19-31(26,27)4/h12,21-22,24-28H,9-11,13-20H2,1-8H3/t21-,22+,24+,25+,26-,27+,28+,30+,31-/m1/s1. The number of esters is 1. The van der Waals surface area contributed by atoms with Crippen LogP contribution in [0.1, 0.15) is 98.3 Å². The van der Waals surface area contributed by atoms with E-state index in [9.17, 15) is 4.79 Å². The smallest absolute Gasteiger partial charge is 0.308 e. The van der Waals surface area contributed by atoms with Gasteiger partial charge in [0.15, 0.2) is 8.32 Å². The first-order valence-electron chi connectivity index (χ1n) is 14.8. The summed E-state index contributed by atoms with van der Waals surface area (Å²) in [5.41, 5.74) is 2.67. The van der Waals surface area contributed by atoms with Gasteiger partial charge in [-0.1, -0.05) is 52.2 Å². The van der Waals surface area contributed by atoms with E-state index in [1.165, 1.54) is 64.9 Å². The van der Waals surface area contributed by atoms with Gasteiger partial charge in [-0.15, -0.1) is 0 Å². The number of carbonyl (C=O) groups excluding carboxylic acids is 1. The average molecular weight is 503 g/mol. The molecule has 4 aliphatic rings. The number of ether oxygens (including phenoxy) is 1. The van der Waals surface area contributed by atoms with Crippen molar-refractivity contribution in [2.45, 2.75) is 124 Å². The van der Waals surface area contributed by atoms with E-state index in [2.05, 4.69) is 46.5 Å². The van der Waals surface area contributed by atoms with Crippen molar-refractivity contribution < 1.29 is 14.0 Å². The fourth-order valence-corrected chi connectivity index (χ4v) is 10.7. The molecule has 0 unspecified atom stereocenters. The number of hydrogen-bond acceptors (Lipinski definition) is 3. The molecule has 4 heteroatoms. The fourth-order valence-electron chi connectivity index (χ4n) is 9.47. The lowest BCUT2D eigenvalue weighted by Crippen LogP contribution is -2.51. The number of allylic oxidation sites excluding steroid dienone is 1. The van der Waals surface area contributed by atoms with Gasteiger partial charge in [-0.3, -0.25) is 4.79 Å². The van der Waals surface area contributed by atoms with Crippen LogP contribution in [0.5, 0.6) is 0 Å². The van der Waals surface area contributed by atoms with Gasteiger partial charge in [-0.05, 0) is 118 Å². The first-order chi connectivity index (χ1) is 16.4. The van der Waals surface area contributed by atoms with Crippen molar-refractivity contribution in [3.8, 4) is 0 Å². The van der Waals surface area contributed by atoms with E-state index in [0.29, 0.717) is 16.9 Å². The summed E-state index contributed by atoms with van der Waals surface area (Å²) in [6.45, 7) is 16.8. The van der Waals surface area contributed by atoms with Gasteiger partial charge in [0.05, 0.1) is 13.0 Å². The largest absolute Gasteiger partial charge is 0.469 e. The van der Waals surface area contributed by atoms with Crippen molar-refractivity contribution in [3.63, 3.8) is 0 Å². The zero-order chi connectivity index (χ0) is 25.6. The van der Waals surface area contributed by atoms with Gasteiger partial charge in [0.1, 0.15) is 0 Å². The Balaban J connectivity index is 1.41. The normalized spacial score (nSPS) is 40.7. The van der Waals surface area contributed by atoms with Gasteiger partial charge in [0.2, 0.25) is 0 Å². The predicted octanol–water partition coefficient (Wildman–Crippen LogP) is 8.40. The van der Waals surface area contributed by atoms with Gasteiger partial charge in [0.25, 0.3) is 0 Å². The fraction of sp³-hybridized carbons (Fsp3) is 0.903. The van der Waals surface area contributed by atoms with Crippen LogP contribution in [-0.2, 0) is 14.0 Å². The summed E-state index contributed by atoms with van der Waals surface area (Å²) >= 11 is 0. The number of rotatable bonds is 8. The first-order valence-corrected chi connectivity index (χ1v) is 18.2. The third-order valence-electron chi connectivity index (χ3n) is 11.2. The Kier molecular flexibility index (Phi) is 8.05. The van der Waals surface area contributed by atoms with Crippen LogP contribution < -0.4 is 0 Å². The van der Waals surface area contributed by atoms with Crippen LogP contribution in [0.15, 0.2) is 11.6 Å². The minimum Gasteiger partial charge on any atom is -0.469 e. The molecule has 0 aromatic rings. The molecule has 9 atom stereocenters. The summed E-state index contributed by atoms with van der Waals surface area (Å²) in [5, 5.41) is 0. The Hall–Kier alpha value is -0.613. The molecular formula is C31H54O3Si. The summed E-state index contributed by atoms with van der Waals surface area (Å²) < 4.78 is 11.5. The molecule has 0 radical (unpaired) electrons. The van der Waals surface area contributed by atoms with Crippen molar-refractivity contribution >= 4 is 14.3 Å². The highest BCUT2D eigenvalue weighted by Crippen LogP contribution is 2.67. The molecule has 0 heterocycles. The van der Waals surface area contributed by atoms with Crippen molar-refractivity contribution in [1.29, 1.82) is 0 Å². The van der Waals surface area contributed by atoms with E-state index in [4.69, 9.17) is 9.16 Å². The molecule has 200 valence electrons. The van der Waals surface area contributed by atoms with Gasteiger partial charge in [-0.25, -0.2) is 0 Å². The summed E-state index contributed by atoms with van der Waals surface area (Å²) in [6.07, 6.45) is 17.3. The summed E-state index contributed by atoms with van der Waals surface area (Å²) in [5.74, 6) is 4.24. The molecule has 0 aromatic carbocycles. The molecule has 0 spiro atoms. The van der Waals surface area contributed by atoms with E-state index < -0.39 is 8.32 Å².